The average Bonchev–Trinajstić information content (AvgIpc) is 2.20. The van der Waals surface area contributed by atoms with Gasteiger partial charge in [0.25, 0.3) is 0 Å². The third-order valence-electron chi connectivity index (χ3n) is 2.91. The first-order valence-electron chi connectivity index (χ1n) is 4.98. The number of benzene rings is 1. The van der Waals surface area contributed by atoms with Gasteiger partial charge in [-0.25, -0.2) is 4.39 Å². The van der Waals surface area contributed by atoms with Crippen molar-refractivity contribution in [3.05, 3.63) is 35.9 Å². The highest BCUT2D eigenvalue weighted by Crippen LogP contribution is 2.33. The van der Waals surface area contributed by atoms with E-state index in [1.54, 1.807) is 37.3 Å². The molecule has 2 unspecified atom stereocenters. The van der Waals surface area contributed by atoms with Gasteiger partial charge in [-0.05, 0) is 18.9 Å². The van der Waals surface area contributed by atoms with Crippen molar-refractivity contribution in [1.29, 1.82) is 0 Å². The molecule has 15 heavy (non-hydrogen) atoms. The Morgan fingerprint density at radius 1 is 1.47 bits per heavy atom. The Morgan fingerprint density at radius 2 is 2.00 bits per heavy atom. The van der Waals surface area contributed by atoms with Crippen LogP contribution in [0.5, 0.6) is 0 Å². The number of alkyl halides is 1. The molecule has 1 rings (SSSR count). The first-order chi connectivity index (χ1) is 7.05. The lowest BCUT2D eigenvalue weighted by Crippen LogP contribution is -2.42. The van der Waals surface area contributed by atoms with Gasteiger partial charge in [0, 0.05) is 0 Å². The fraction of sp³-hybridized carbons (Fsp3) is 0.417. The normalized spacial score (nSPS) is 16.7. The molecule has 3 heteroatoms. The molecule has 0 radical (unpaired) electrons. The van der Waals surface area contributed by atoms with Crippen molar-refractivity contribution in [3.63, 3.8) is 0 Å². The van der Waals surface area contributed by atoms with E-state index in [9.17, 15) is 14.3 Å². The first-order valence-corrected chi connectivity index (χ1v) is 4.98. The van der Waals surface area contributed by atoms with Crippen LogP contribution in [0.3, 0.4) is 0 Å². The van der Waals surface area contributed by atoms with Crippen LogP contribution in [0, 0.1) is 0 Å². The summed E-state index contributed by atoms with van der Waals surface area (Å²) in [7, 11) is 0. The van der Waals surface area contributed by atoms with Gasteiger partial charge in [-0.3, -0.25) is 4.79 Å². The Balaban J connectivity index is 3.28. The molecule has 0 aliphatic rings. The Bertz CT molecular complexity index is 335. The van der Waals surface area contributed by atoms with Crippen LogP contribution in [-0.4, -0.2) is 17.2 Å². The summed E-state index contributed by atoms with van der Waals surface area (Å²) in [6.07, 6.45) is -1.17. The smallest absolute Gasteiger partial charge is 0.317 e. The van der Waals surface area contributed by atoms with Crippen molar-refractivity contribution in [2.45, 2.75) is 31.9 Å². The second-order valence-electron chi connectivity index (χ2n) is 3.61. The summed E-state index contributed by atoms with van der Waals surface area (Å²) in [6.45, 7) is 2.99. The molecule has 0 saturated heterocycles. The summed E-state index contributed by atoms with van der Waals surface area (Å²) in [5.74, 6) is -1.11. The lowest BCUT2D eigenvalue weighted by Gasteiger charge is -2.30. The van der Waals surface area contributed by atoms with Gasteiger partial charge < -0.3 is 5.11 Å². The molecule has 0 amide bonds. The fourth-order valence-corrected chi connectivity index (χ4v) is 1.90. The highest BCUT2D eigenvalue weighted by Gasteiger charge is 2.44. The van der Waals surface area contributed by atoms with Crippen LogP contribution in [0.15, 0.2) is 30.3 Å². The number of rotatable bonds is 4. The summed E-state index contributed by atoms with van der Waals surface area (Å²) in [5, 5.41) is 9.21. The van der Waals surface area contributed by atoms with Crippen LogP contribution in [0.25, 0.3) is 0 Å². The second-order valence-corrected chi connectivity index (χ2v) is 3.61. The number of halogens is 1. The van der Waals surface area contributed by atoms with E-state index in [0.29, 0.717) is 5.56 Å². The van der Waals surface area contributed by atoms with E-state index in [4.69, 9.17) is 0 Å². The third kappa shape index (κ3) is 1.87. The zero-order chi connectivity index (χ0) is 11.5. The number of carbonyl (C=O) groups is 1. The Kier molecular flexibility index (Phi) is 3.45. The minimum absolute atomic E-state index is 0.240. The standard InChI is InChI=1S/C12H15FO2/c1-3-12(9(2)13,11(14)15)10-7-5-4-6-8-10/h4-9H,3H2,1-2H3,(H,14,15). The maximum Gasteiger partial charge on any atom is 0.317 e. The van der Waals surface area contributed by atoms with Gasteiger partial charge in [-0.2, -0.15) is 0 Å². The summed E-state index contributed by atoms with van der Waals surface area (Å²) >= 11 is 0. The molecule has 1 N–H and O–H groups in total. The molecule has 1 aromatic carbocycles. The van der Waals surface area contributed by atoms with Crippen LogP contribution >= 0.6 is 0 Å². The topological polar surface area (TPSA) is 37.3 Å². The molecule has 82 valence electrons. The largest absolute Gasteiger partial charge is 0.480 e. The van der Waals surface area contributed by atoms with Crippen LogP contribution in [-0.2, 0) is 10.2 Å². The van der Waals surface area contributed by atoms with Crippen LogP contribution in [0.1, 0.15) is 25.8 Å². The van der Waals surface area contributed by atoms with Gasteiger partial charge >= 0.3 is 5.97 Å². The maximum absolute atomic E-state index is 13.6. The molecule has 0 saturated carbocycles. The number of carboxylic acids is 1. The maximum atomic E-state index is 13.6. The minimum atomic E-state index is -1.42. The van der Waals surface area contributed by atoms with Gasteiger partial charge in [0.15, 0.2) is 0 Å². The summed E-state index contributed by atoms with van der Waals surface area (Å²) < 4.78 is 13.6. The Morgan fingerprint density at radius 3 is 2.33 bits per heavy atom. The molecule has 0 spiro atoms. The zero-order valence-corrected chi connectivity index (χ0v) is 8.90. The number of aliphatic carboxylic acids is 1. The van der Waals surface area contributed by atoms with Crippen LogP contribution in [0.4, 0.5) is 4.39 Å². The lowest BCUT2D eigenvalue weighted by molar-refractivity contribution is -0.146. The van der Waals surface area contributed by atoms with Gasteiger partial charge in [0.05, 0.1) is 0 Å². The summed E-state index contributed by atoms with van der Waals surface area (Å²) in [5.41, 5.74) is -0.892. The zero-order valence-electron chi connectivity index (χ0n) is 8.90. The monoisotopic (exact) mass is 210 g/mol. The number of carboxylic acid groups (broad SMARTS) is 1. The second kappa shape index (κ2) is 4.43. The number of hydrogen-bond acceptors (Lipinski definition) is 1. The van der Waals surface area contributed by atoms with Gasteiger partial charge in [-0.15, -0.1) is 0 Å². The van der Waals surface area contributed by atoms with Gasteiger partial charge in [0.2, 0.25) is 0 Å². The average molecular weight is 210 g/mol. The molecule has 0 bridgehead atoms. The molecule has 2 atom stereocenters. The van der Waals surface area contributed by atoms with Crippen molar-refractivity contribution in [1.82, 2.24) is 0 Å². The van der Waals surface area contributed by atoms with Gasteiger partial charge in [-0.1, -0.05) is 37.3 Å². The predicted octanol–water partition coefficient (Wildman–Crippen LogP) is 2.78. The SMILES string of the molecule is CCC(C(=O)O)(c1ccccc1)C(C)F. The van der Waals surface area contributed by atoms with Crippen molar-refractivity contribution in [2.24, 2.45) is 0 Å². The number of hydrogen-bond donors (Lipinski definition) is 1. The van der Waals surface area contributed by atoms with Crippen molar-refractivity contribution >= 4 is 5.97 Å². The van der Waals surface area contributed by atoms with Crippen molar-refractivity contribution in [2.75, 3.05) is 0 Å². The third-order valence-corrected chi connectivity index (χ3v) is 2.91. The molecule has 0 aliphatic carbocycles. The predicted molar refractivity (Wildman–Crippen MR) is 56.6 cm³/mol. The molecule has 0 aliphatic heterocycles. The highest BCUT2D eigenvalue weighted by molar-refractivity contribution is 5.82. The molecule has 1 aromatic rings. The minimum Gasteiger partial charge on any atom is -0.480 e. The van der Waals surface area contributed by atoms with E-state index >= 15 is 0 Å². The molecule has 0 heterocycles. The van der Waals surface area contributed by atoms with Crippen LogP contribution < -0.4 is 0 Å². The molecular formula is C12H15FO2. The molecule has 2 nitrogen and oxygen atoms in total. The van der Waals surface area contributed by atoms with E-state index in [0.717, 1.165) is 0 Å². The van der Waals surface area contributed by atoms with E-state index in [1.807, 2.05) is 0 Å². The molecule has 0 aromatic heterocycles. The molecular weight excluding hydrogens is 195 g/mol. The summed E-state index contributed by atoms with van der Waals surface area (Å²) in [4.78, 5) is 11.3. The van der Waals surface area contributed by atoms with E-state index in [-0.39, 0.29) is 6.42 Å². The Labute approximate surface area is 88.7 Å². The highest BCUT2D eigenvalue weighted by atomic mass is 19.1. The quantitative estimate of drug-likeness (QED) is 0.829. The first kappa shape index (κ1) is 11.7. The summed E-state index contributed by atoms with van der Waals surface area (Å²) in [6, 6.07) is 8.56. The van der Waals surface area contributed by atoms with Crippen molar-refractivity contribution in [3.8, 4) is 0 Å². The molecule has 0 fully saturated rings. The lowest BCUT2D eigenvalue weighted by atomic mass is 9.75. The fourth-order valence-electron chi connectivity index (χ4n) is 1.90. The van der Waals surface area contributed by atoms with E-state index < -0.39 is 17.6 Å². The van der Waals surface area contributed by atoms with E-state index in [2.05, 4.69) is 0 Å². The van der Waals surface area contributed by atoms with E-state index in [1.165, 1.54) is 6.92 Å². The Hall–Kier alpha value is -1.38. The van der Waals surface area contributed by atoms with Crippen LogP contribution in [0.2, 0.25) is 0 Å². The van der Waals surface area contributed by atoms with Gasteiger partial charge in [0.1, 0.15) is 11.6 Å². The van der Waals surface area contributed by atoms with Crippen molar-refractivity contribution < 1.29 is 14.3 Å².